The van der Waals surface area contributed by atoms with E-state index in [4.69, 9.17) is 0 Å². The minimum absolute atomic E-state index is 0.794. The van der Waals surface area contributed by atoms with Gasteiger partial charge in [-0.3, -0.25) is 4.98 Å². The van der Waals surface area contributed by atoms with E-state index in [0.717, 1.165) is 26.6 Å². The van der Waals surface area contributed by atoms with Crippen molar-refractivity contribution < 1.29 is 0 Å². The zero-order chi connectivity index (χ0) is 15.8. The van der Waals surface area contributed by atoms with E-state index >= 15 is 0 Å². The summed E-state index contributed by atoms with van der Waals surface area (Å²) in [5.74, 6) is 0.794. The molecular weight excluding hydrogens is 302 g/mol. The number of aryl methyl sites for hydroxylation is 2. The van der Waals surface area contributed by atoms with Gasteiger partial charge in [0.2, 0.25) is 0 Å². The molecule has 1 aromatic carbocycles. The van der Waals surface area contributed by atoms with E-state index in [1.165, 1.54) is 16.7 Å². The Balaban J connectivity index is 2.10. The van der Waals surface area contributed by atoms with Crippen LogP contribution in [-0.4, -0.2) is 15.0 Å². The fraction of sp³-hybridized carbons (Fsp3) is 0.105. The van der Waals surface area contributed by atoms with E-state index < -0.39 is 0 Å². The highest BCUT2D eigenvalue weighted by Crippen LogP contribution is 2.43. The number of fused-ring (bicyclic) bond motifs is 1. The standard InChI is InChI=1S/C19H15N3S/c1-12-7-3-4-8-14(12)17-15-11-21-13(2)22-19(15)23-18(17)16-9-5-6-10-20-16/h3-11H,1-2H3. The number of aromatic nitrogens is 3. The van der Waals surface area contributed by atoms with Crippen LogP contribution in [0.4, 0.5) is 0 Å². The van der Waals surface area contributed by atoms with Crippen LogP contribution in [0.5, 0.6) is 0 Å². The van der Waals surface area contributed by atoms with Gasteiger partial charge in [0.25, 0.3) is 0 Å². The first kappa shape index (κ1) is 14.0. The molecule has 0 amide bonds. The number of thiophene rings is 1. The first-order valence-electron chi connectivity index (χ1n) is 7.47. The maximum absolute atomic E-state index is 4.62. The van der Waals surface area contributed by atoms with Crippen LogP contribution in [0.1, 0.15) is 11.4 Å². The van der Waals surface area contributed by atoms with Gasteiger partial charge < -0.3 is 0 Å². The molecule has 0 fully saturated rings. The maximum atomic E-state index is 4.62. The molecule has 0 saturated heterocycles. The summed E-state index contributed by atoms with van der Waals surface area (Å²) in [6.45, 7) is 4.06. The Hall–Kier alpha value is -2.59. The molecule has 4 aromatic rings. The highest BCUT2D eigenvalue weighted by molar-refractivity contribution is 7.22. The molecule has 0 spiro atoms. The second kappa shape index (κ2) is 5.56. The third kappa shape index (κ3) is 2.41. The van der Waals surface area contributed by atoms with E-state index in [1.54, 1.807) is 11.3 Å². The number of nitrogens with zero attached hydrogens (tertiary/aromatic N) is 3. The average Bonchev–Trinajstić information content (AvgIpc) is 2.94. The van der Waals surface area contributed by atoms with Crippen LogP contribution >= 0.6 is 11.3 Å². The number of pyridine rings is 1. The molecule has 0 N–H and O–H groups in total. The lowest BCUT2D eigenvalue weighted by Crippen LogP contribution is -1.88. The van der Waals surface area contributed by atoms with Crippen molar-refractivity contribution in [2.24, 2.45) is 0 Å². The first-order chi connectivity index (χ1) is 11.2. The van der Waals surface area contributed by atoms with Gasteiger partial charge in [0, 0.05) is 23.3 Å². The third-order valence-electron chi connectivity index (χ3n) is 3.88. The number of hydrogen-bond acceptors (Lipinski definition) is 4. The molecule has 0 bridgehead atoms. The molecule has 0 unspecified atom stereocenters. The lowest BCUT2D eigenvalue weighted by atomic mass is 9.98. The molecule has 0 radical (unpaired) electrons. The van der Waals surface area contributed by atoms with Crippen LogP contribution in [-0.2, 0) is 0 Å². The van der Waals surface area contributed by atoms with E-state index in [0.29, 0.717) is 0 Å². The zero-order valence-corrected chi connectivity index (χ0v) is 13.8. The second-order valence-corrected chi connectivity index (χ2v) is 6.47. The van der Waals surface area contributed by atoms with E-state index in [1.807, 2.05) is 37.5 Å². The van der Waals surface area contributed by atoms with Crippen molar-refractivity contribution in [1.82, 2.24) is 15.0 Å². The predicted molar refractivity (Wildman–Crippen MR) is 95.6 cm³/mol. The number of hydrogen-bond donors (Lipinski definition) is 0. The molecule has 0 aliphatic rings. The molecule has 0 saturated carbocycles. The van der Waals surface area contributed by atoms with Crippen molar-refractivity contribution in [3.63, 3.8) is 0 Å². The molecule has 0 aliphatic heterocycles. The molecule has 112 valence electrons. The molecule has 3 nitrogen and oxygen atoms in total. The smallest absolute Gasteiger partial charge is 0.128 e. The van der Waals surface area contributed by atoms with Gasteiger partial charge in [-0.15, -0.1) is 11.3 Å². The van der Waals surface area contributed by atoms with E-state index in [2.05, 4.69) is 46.1 Å². The largest absolute Gasteiger partial charge is 0.255 e. The first-order valence-corrected chi connectivity index (χ1v) is 8.29. The monoisotopic (exact) mass is 317 g/mol. The topological polar surface area (TPSA) is 38.7 Å². The molecule has 4 rings (SSSR count). The number of rotatable bonds is 2. The van der Waals surface area contributed by atoms with Gasteiger partial charge in [-0.05, 0) is 37.1 Å². The van der Waals surface area contributed by atoms with Gasteiger partial charge in [-0.2, -0.15) is 0 Å². The van der Waals surface area contributed by atoms with Gasteiger partial charge in [0.15, 0.2) is 0 Å². The predicted octanol–water partition coefficient (Wildman–Crippen LogP) is 5.04. The Labute approximate surface area is 138 Å². The van der Waals surface area contributed by atoms with Crippen LogP contribution in [0, 0.1) is 13.8 Å². The van der Waals surface area contributed by atoms with Crippen LogP contribution in [0.25, 0.3) is 31.9 Å². The quantitative estimate of drug-likeness (QED) is 0.520. The highest BCUT2D eigenvalue weighted by Gasteiger charge is 2.18. The third-order valence-corrected chi connectivity index (χ3v) is 5.00. The van der Waals surface area contributed by atoms with Crippen molar-refractivity contribution in [3.8, 4) is 21.7 Å². The Morgan fingerprint density at radius 1 is 0.913 bits per heavy atom. The van der Waals surface area contributed by atoms with Crippen molar-refractivity contribution in [1.29, 1.82) is 0 Å². The average molecular weight is 317 g/mol. The Morgan fingerprint density at radius 3 is 2.52 bits per heavy atom. The molecule has 3 heterocycles. The summed E-state index contributed by atoms with van der Waals surface area (Å²) in [7, 11) is 0. The molecule has 23 heavy (non-hydrogen) atoms. The van der Waals surface area contributed by atoms with E-state index in [-0.39, 0.29) is 0 Å². The second-order valence-electron chi connectivity index (χ2n) is 5.47. The van der Waals surface area contributed by atoms with Crippen LogP contribution in [0.15, 0.2) is 54.9 Å². The lowest BCUT2D eigenvalue weighted by Gasteiger charge is -2.08. The Bertz CT molecular complexity index is 990. The van der Waals surface area contributed by atoms with Gasteiger partial charge in [0.1, 0.15) is 10.7 Å². The summed E-state index contributed by atoms with van der Waals surface area (Å²) in [5.41, 5.74) is 4.62. The summed E-state index contributed by atoms with van der Waals surface area (Å²) in [6.07, 6.45) is 3.76. The normalized spacial score (nSPS) is 11.0. The van der Waals surface area contributed by atoms with Crippen molar-refractivity contribution in [2.45, 2.75) is 13.8 Å². The van der Waals surface area contributed by atoms with Crippen molar-refractivity contribution in [2.75, 3.05) is 0 Å². The Kier molecular flexibility index (Phi) is 3.39. The SMILES string of the molecule is Cc1ncc2c(-c3ccccc3C)c(-c3ccccn3)sc2n1. The fourth-order valence-corrected chi connectivity index (χ4v) is 3.95. The molecular formula is C19H15N3S. The van der Waals surface area contributed by atoms with Crippen LogP contribution in [0.3, 0.4) is 0 Å². The lowest BCUT2D eigenvalue weighted by molar-refractivity contribution is 1.10. The summed E-state index contributed by atoms with van der Waals surface area (Å²) in [5, 5.41) is 1.09. The molecule has 0 aliphatic carbocycles. The zero-order valence-electron chi connectivity index (χ0n) is 12.9. The molecule has 0 atom stereocenters. The van der Waals surface area contributed by atoms with E-state index in [9.17, 15) is 0 Å². The van der Waals surface area contributed by atoms with Gasteiger partial charge in [-0.1, -0.05) is 30.3 Å². The molecule has 4 heteroatoms. The number of benzene rings is 1. The summed E-state index contributed by atoms with van der Waals surface area (Å²) < 4.78 is 0. The Morgan fingerprint density at radius 2 is 1.74 bits per heavy atom. The molecule has 3 aromatic heterocycles. The van der Waals surface area contributed by atoms with Crippen LogP contribution in [0.2, 0.25) is 0 Å². The van der Waals surface area contributed by atoms with Crippen molar-refractivity contribution >= 4 is 21.6 Å². The van der Waals surface area contributed by atoms with Gasteiger partial charge in [-0.25, -0.2) is 9.97 Å². The highest BCUT2D eigenvalue weighted by atomic mass is 32.1. The minimum Gasteiger partial charge on any atom is -0.255 e. The maximum Gasteiger partial charge on any atom is 0.128 e. The fourth-order valence-electron chi connectivity index (χ4n) is 2.77. The van der Waals surface area contributed by atoms with Crippen molar-refractivity contribution in [3.05, 3.63) is 66.2 Å². The minimum atomic E-state index is 0.794. The summed E-state index contributed by atoms with van der Waals surface area (Å²) >= 11 is 1.68. The van der Waals surface area contributed by atoms with Crippen LogP contribution < -0.4 is 0 Å². The van der Waals surface area contributed by atoms with Gasteiger partial charge in [0.05, 0.1) is 10.6 Å². The summed E-state index contributed by atoms with van der Waals surface area (Å²) in [4.78, 5) is 15.7. The van der Waals surface area contributed by atoms with Gasteiger partial charge >= 0.3 is 0 Å². The summed E-state index contributed by atoms with van der Waals surface area (Å²) in [6, 6.07) is 14.4.